The summed E-state index contributed by atoms with van der Waals surface area (Å²) in [5, 5.41) is 0. The van der Waals surface area contributed by atoms with Gasteiger partial charge in [0.2, 0.25) is 5.91 Å². The highest BCUT2D eigenvalue weighted by Crippen LogP contribution is 2.41. The minimum atomic E-state index is -0.613. The molecule has 27 heavy (non-hydrogen) atoms. The van der Waals surface area contributed by atoms with E-state index in [2.05, 4.69) is 0 Å². The van der Waals surface area contributed by atoms with Crippen LogP contribution in [0.1, 0.15) is 52.5 Å². The largest absolute Gasteiger partial charge is 0.490 e. The van der Waals surface area contributed by atoms with Gasteiger partial charge in [-0.25, -0.2) is 0 Å². The molecule has 1 unspecified atom stereocenters. The maximum absolute atomic E-state index is 13.4. The quantitative estimate of drug-likeness (QED) is 0.759. The molecule has 0 saturated carbocycles. The number of carbonyl (C=O) groups excluding carboxylic acids is 1. The molecule has 1 spiro atoms. The zero-order valence-corrected chi connectivity index (χ0v) is 17.2. The molecular weight excluding hydrogens is 342 g/mol. The minimum absolute atomic E-state index is 0.166. The van der Waals surface area contributed by atoms with Crippen LogP contribution in [0.25, 0.3) is 0 Å². The Labute approximate surface area is 163 Å². The van der Waals surface area contributed by atoms with Crippen LogP contribution in [0.2, 0.25) is 0 Å². The molecule has 1 aromatic carbocycles. The summed E-state index contributed by atoms with van der Waals surface area (Å²) in [4.78, 5) is 15.4. The second kappa shape index (κ2) is 8.09. The van der Waals surface area contributed by atoms with Crippen molar-refractivity contribution in [2.45, 2.75) is 52.4 Å². The third kappa shape index (κ3) is 4.08. The Balaban J connectivity index is 1.79. The van der Waals surface area contributed by atoms with Crippen molar-refractivity contribution in [2.75, 3.05) is 39.5 Å². The molecule has 5 nitrogen and oxygen atoms in total. The molecule has 2 saturated heterocycles. The fourth-order valence-corrected chi connectivity index (χ4v) is 4.30. The fourth-order valence-electron chi connectivity index (χ4n) is 4.30. The fraction of sp³-hybridized carbons (Fsp3) is 0.682. The van der Waals surface area contributed by atoms with E-state index in [1.54, 1.807) is 0 Å². The Bertz CT molecular complexity index is 664. The van der Waals surface area contributed by atoms with E-state index in [1.807, 2.05) is 50.8 Å². The molecule has 2 aliphatic heterocycles. The van der Waals surface area contributed by atoms with Crippen LogP contribution in [0.3, 0.4) is 0 Å². The van der Waals surface area contributed by atoms with Crippen LogP contribution in [0.5, 0.6) is 11.5 Å². The Morgan fingerprint density at radius 1 is 1.19 bits per heavy atom. The third-order valence-electron chi connectivity index (χ3n) is 5.93. The van der Waals surface area contributed by atoms with Gasteiger partial charge in [-0.2, -0.15) is 0 Å². The van der Waals surface area contributed by atoms with Crippen molar-refractivity contribution < 1.29 is 19.0 Å². The van der Waals surface area contributed by atoms with Crippen molar-refractivity contribution in [2.24, 2.45) is 5.41 Å². The number of amides is 1. The van der Waals surface area contributed by atoms with Gasteiger partial charge in [0.05, 0.1) is 25.2 Å². The lowest BCUT2D eigenvalue weighted by atomic mass is 9.81. The van der Waals surface area contributed by atoms with Gasteiger partial charge in [0.25, 0.3) is 0 Å². The summed E-state index contributed by atoms with van der Waals surface area (Å²) >= 11 is 0. The van der Waals surface area contributed by atoms with Gasteiger partial charge in [-0.1, -0.05) is 6.07 Å². The van der Waals surface area contributed by atoms with Gasteiger partial charge in [-0.05, 0) is 64.7 Å². The first-order valence-corrected chi connectivity index (χ1v) is 10.2. The number of rotatable bonds is 6. The van der Waals surface area contributed by atoms with Gasteiger partial charge in [0.1, 0.15) is 0 Å². The molecule has 150 valence electrons. The predicted octanol–water partition coefficient (Wildman–Crippen LogP) is 3.79. The van der Waals surface area contributed by atoms with Crippen molar-refractivity contribution in [3.05, 3.63) is 23.8 Å². The number of hydrogen-bond donors (Lipinski definition) is 0. The lowest BCUT2D eigenvalue weighted by Crippen LogP contribution is -2.44. The number of benzene rings is 1. The van der Waals surface area contributed by atoms with Crippen LogP contribution in [0.15, 0.2) is 18.2 Å². The summed E-state index contributed by atoms with van der Waals surface area (Å²) in [5.74, 6) is 1.61. The summed E-state index contributed by atoms with van der Waals surface area (Å²) in [6, 6.07) is 5.86. The number of hydrogen-bond acceptors (Lipinski definition) is 4. The summed E-state index contributed by atoms with van der Waals surface area (Å²) in [6.07, 6.45) is 3.30. The Morgan fingerprint density at radius 2 is 1.93 bits per heavy atom. The predicted molar refractivity (Wildman–Crippen MR) is 105 cm³/mol. The van der Waals surface area contributed by atoms with Crippen LogP contribution in [0, 0.1) is 5.41 Å². The summed E-state index contributed by atoms with van der Waals surface area (Å²) < 4.78 is 17.1. The maximum Gasteiger partial charge on any atom is 0.232 e. The van der Waals surface area contributed by atoms with Crippen LogP contribution in [-0.4, -0.2) is 50.3 Å². The highest BCUT2D eigenvalue weighted by molar-refractivity contribution is 5.88. The molecular formula is C22H33NO4. The van der Waals surface area contributed by atoms with E-state index >= 15 is 0 Å². The average molecular weight is 376 g/mol. The lowest BCUT2D eigenvalue weighted by Gasteiger charge is -2.35. The normalized spacial score (nSPS) is 22.9. The first kappa shape index (κ1) is 20.0. The van der Waals surface area contributed by atoms with Gasteiger partial charge in [0.15, 0.2) is 11.5 Å². The molecule has 5 heteroatoms. The summed E-state index contributed by atoms with van der Waals surface area (Å²) in [5.41, 5.74) is 0.511. The van der Waals surface area contributed by atoms with E-state index in [9.17, 15) is 4.79 Å². The number of nitrogens with zero attached hydrogens (tertiary/aromatic N) is 1. The molecule has 0 N–H and O–H groups in total. The van der Waals surface area contributed by atoms with Crippen molar-refractivity contribution in [1.29, 1.82) is 0 Å². The summed E-state index contributed by atoms with van der Waals surface area (Å²) in [7, 11) is 0. The zero-order chi connectivity index (χ0) is 19.5. The van der Waals surface area contributed by atoms with Crippen LogP contribution >= 0.6 is 0 Å². The molecule has 2 aliphatic rings. The number of likely N-dealkylation sites (tertiary alicyclic amines) is 1. The third-order valence-corrected chi connectivity index (χ3v) is 5.93. The van der Waals surface area contributed by atoms with Crippen LogP contribution < -0.4 is 9.47 Å². The second-order valence-electron chi connectivity index (χ2n) is 8.29. The van der Waals surface area contributed by atoms with Gasteiger partial charge in [-0.15, -0.1) is 0 Å². The Morgan fingerprint density at radius 3 is 2.59 bits per heavy atom. The smallest absolute Gasteiger partial charge is 0.232 e. The molecule has 1 atom stereocenters. The van der Waals surface area contributed by atoms with Gasteiger partial charge in [0, 0.05) is 25.1 Å². The second-order valence-corrected chi connectivity index (χ2v) is 8.29. The van der Waals surface area contributed by atoms with Gasteiger partial charge < -0.3 is 19.1 Å². The van der Waals surface area contributed by atoms with Crippen molar-refractivity contribution in [3.8, 4) is 11.5 Å². The summed E-state index contributed by atoms with van der Waals surface area (Å²) in [6.45, 7) is 12.3. The molecule has 0 aliphatic carbocycles. The van der Waals surface area contributed by atoms with Crippen molar-refractivity contribution >= 4 is 5.91 Å². The van der Waals surface area contributed by atoms with E-state index in [4.69, 9.17) is 14.2 Å². The molecule has 0 bridgehead atoms. The molecule has 1 amide bonds. The minimum Gasteiger partial charge on any atom is -0.490 e. The van der Waals surface area contributed by atoms with Crippen molar-refractivity contribution in [1.82, 2.24) is 4.90 Å². The van der Waals surface area contributed by atoms with E-state index in [0.717, 1.165) is 56.9 Å². The monoisotopic (exact) mass is 375 g/mol. The van der Waals surface area contributed by atoms with Crippen LogP contribution in [-0.2, 0) is 14.9 Å². The highest BCUT2D eigenvalue weighted by atomic mass is 16.5. The maximum atomic E-state index is 13.4. The Kier molecular flexibility index (Phi) is 5.99. The molecule has 2 fully saturated rings. The topological polar surface area (TPSA) is 48.0 Å². The standard InChI is InChI=1S/C22H33NO4/c1-5-26-18-9-8-17(14-19(18)27-6-2)21(3,4)20(24)23-12-11-22(15-23)10-7-13-25-16-22/h8-9,14H,5-7,10-13,15-16H2,1-4H3. The molecule has 1 aromatic rings. The molecule has 0 radical (unpaired) electrons. The number of carbonyl (C=O) groups is 1. The van der Waals surface area contributed by atoms with Crippen molar-refractivity contribution in [3.63, 3.8) is 0 Å². The molecule has 2 heterocycles. The highest BCUT2D eigenvalue weighted by Gasteiger charge is 2.44. The number of ether oxygens (including phenoxy) is 3. The zero-order valence-electron chi connectivity index (χ0n) is 17.2. The molecule has 0 aromatic heterocycles. The van der Waals surface area contributed by atoms with Gasteiger partial charge in [-0.3, -0.25) is 4.79 Å². The van der Waals surface area contributed by atoms with E-state index < -0.39 is 5.41 Å². The molecule has 3 rings (SSSR count). The van der Waals surface area contributed by atoms with E-state index in [-0.39, 0.29) is 11.3 Å². The lowest BCUT2D eigenvalue weighted by molar-refractivity contribution is -0.136. The Hall–Kier alpha value is -1.75. The first-order chi connectivity index (χ1) is 12.9. The van der Waals surface area contributed by atoms with E-state index in [1.165, 1.54) is 0 Å². The first-order valence-electron chi connectivity index (χ1n) is 10.2. The van der Waals surface area contributed by atoms with E-state index in [0.29, 0.717) is 19.0 Å². The SMILES string of the molecule is CCOc1ccc(C(C)(C)C(=O)N2CCC3(CCCOC3)C2)cc1OCC. The average Bonchev–Trinajstić information content (AvgIpc) is 3.06. The van der Waals surface area contributed by atoms with Gasteiger partial charge >= 0.3 is 0 Å². The van der Waals surface area contributed by atoms with Crippen LogP contribution in [0.4, 0.5) is 0 Å².